The molecule has 1 aromatic heterocycles. The monoisotopic (exact) mass is 544 g/mol. The van der Waals surface area contributed by atoms with Gasteiger partial charge in [-0.2, -0.15) is 4.31 Å². The van der Waals surface area contributed by atoms with Gasteiger partial charge in [0.1, 0.15) is 5.69 Å². The lowest BCUT2D eigenvalue weighted by molar-refractivity contribution is -0.120. The molecule has 3 aromatic rings. The van der Waals surface area contributed by atoms with Gasteiger partial charge < -0.3 is 9.84 Å². The van der Waals surface area contributed by atoms with E-state index in [2.05, 4.69) is 10.5 Å². The zero-order valence-electron chi connectivity index (χ0n) is 20.4. The second-order valence-corrected chi connectivity index (χ2v) is 12.4. The molecule has 196 valence electrons. The van der Waals surface area contributed by atoms with Crippen LogP contribution in [0, 0.1) is 19.8 Å². The van der Waals surface area contributed by atoms with Crippen molar-refractivity contribution in [1.29, 1.82) is 0 Å². The van der Waals surface area contributed by atoms with Gasteiger partial charge in [0, 0.05) is 18.8 Å². The summed E-state index contributed by atoms with van der Waals surface area (Å²) in [5, 5.41) is 11.7. The Morgan fingerprint density at radius 2 is 1.73 bits per heavy atom. The van der Waals surface area contributed by atoms with Crippen LogP contribution in [0.5, 0.6) is 0 Å². The summed E-state index contributed by atoms with van der Waals surface area (Å²) in [4.78, 5) is 12.8. The molecule has 1 saturated heterocycles. The molecule has 0 bridgehead atoms. The molecule has 0 saturated carbocycles. The van der Waals surface area contributed by atoms with E-state index in [0.29, 0.717) is 18.5 Å². The highest BCUT2D eigenvalue weighted by Crippen LogP contribution is 2.30. The number of carbonyl (C=O) groups excluding carboxylic acids is 1. The molecule has 1 unspecified atom stereocenters. The van der Waals surface area contributed by atoms with E-state index >= 15 is 0 Å². The number of hydrogen-bond acceptors (Lipinski definition) is 7. The lowest BCUT2D eigenvalue weighted by Crippen LogP contribution is -2.43. The Hall–Kier alpha value is -3.32. The number of nitrogens with two attached hydrogens (primary N) is 1. The van der Waals surface area contributed by atoms with Gasteiger partial charge in [-0.1, -0.05) is 41.1 Å². The van der Waals surface area contributed by atoms with E-state index in [1.807, 2.05) is 31.2 Å². The number of aryl methyl sites for hydroxylation is 2. The summed E-state index contributed by atoms with van der Waals surface area (Å²) in [6.45, 7) is 3.81. The number of hydrogen-bond donors (Lipinski definition) is 2. The summed E-state index contributed by atoms with van der Waals surface area (Å²) in [6.07, 6.45) is 4.35. The Bertz CT molecular complexity index is 1530. The minimum Gasteiger partial charge on any atom is -0.355 e. The van der Waals surface area contributed by atoms with Gasteiger partial charge in [0.15, 0.2) is 10.7 Å². The van der Waals surface area contributed by atoms with Crippen molar-refractivity contribution in [3.05, 3.63) is 71.1 Å². The molecule has 2 heterocycles. The number of amides is 1. The number of piperidine rings is 1. The number of primary sulfonamides is 1. The van der Waals surface area contributed by atoms with Gasteiger partial charge in [0.05, 0.1) is 10.8 Å². The number of sulfonamides is 2. The molecule has 1 amide bonds. The van der Waals surface area contributed by atoms with E-state index in [1.165, 1.54) is 28.6 Å². The molecular weight excluding hydrogens is 516 g/mol. The number of benzene rings is 2. The first-order valence-electron chi connectivity index (χ1n) is 11.6. The van der Waals surface area contributed by atoms with Crippen molar-refractivity contribution in [3.8, 4) is 0 Å². The second-order valence-electron chi connectivity index (χ2n) is 8.97. The van der Waals surface area contributed by atoms with Crippen molar-refractivity contribution in [2.75, 3.05) is 18.4 Å². The molecule has 1 aliphatic heterocycles. The maximum atomic E-state index is 13.6. The predicted octanol–water partition coefficient (Wildman–Crippen LogP) is 3.15. The molecule has 0 radical (unpaired) electrons. The molecule has 2 aromatic carbocycles. The fourth-order valence-corrected chi connectivity index (χ4v) is 6.41. The van der Waals surface area contributed by atoms with Crippen molar-refractivity contribution < 1.29 is 26.2 Å². The van der Waals surface area contributed by atoms with Crippen molar-refractivity contribution in [2.24, 2.45) is 11.1 Å². The van der Waals surface area contributed by atoms with Crippen molar-refractivity contribution >= 4 is 43.8 Å². The summed E-state index contributed by atoms with van der Waals surface area (Å²) >= 11 is 0. The van der Waals surface area contributed by atoms with Crippen molar-refractivity contribution in [1.82, 2.24) is 9.46 Å². The standard InChI is InChI=1S/C25H28N4O6S2/c1-17-5-7-19(8-6-17)9-14-23-24(18(2)28-35-23)37(33,34)29-15-3-4-20(16-29)25(30)27-21-10-12-22(13-11-21)36(26,31)32/h5-14,20H,3-4,15-16H2,1-2H3,(H,27,30)(H2,26,31,32)/b14-9+. The highest BCUT2D eigenvalue weighted by molar-refractivity contribution is 7.89. The van der Waals surface area contributed by atoms with Gasteiger partial charge in [-0.05, 0) is 62.6 Å². The first-order chi connectivity index (χ1) is 17.4. The normalized spacial score (nSPS) is 17.2. The van der Waals surface area contributed by atoms with Gasteiger partial charge in [0.2, 0.25) is 26.0 Å². The summed E-state index contributed by atoms with van der Waals surface area (Å²) in [5.74, 6) is -0.822. The van der Waals surface area contributed by atoms with Crippen LogP contribution in [0.25, 0.3) is 12.2 Å². The molecule has 10 nitrogen and oxygen atoms in total. The molecule has 37 heavy (non-hydrogen) atoms. The predicted molar refractivity (Wildman–Crippen MR) is 139 cm³/mol. The molecule has 12 heteroatoms. The van der Waals surface area contributed by atoms with Gasteiger partial charge in [-0.25, -0.2) is 22.0 Å². The summed E-state index contributed by atoms with van der Waals surface area (Å²) < 4.78 is 56.7. The average Bonchev–Trinajstić information content (AvgIpc) is 3.24. The van der Waals surface area contributed by atoms with Crippen LogP contribution < -0.4 is 10.5 Å². The number of anilines is 1. The van der Waals surface area contributed by atoms with Crippen LogP contribution in [0.4, 0.5) is 5.69 Å². The summed E-state index contributed by atoms with van der Waals surface area (Å²) in [5.41, 5.74) is 2.62. The van der Waals surface area contributed by atoms with Crippen LogP contribution in [-0.2, 0) is 24.8 Å². The van der Waals surface area contributed by atoms with E-state index < -0.39 is 26.0 Å². The lowest BCUT2D eigenvalue weighted by atomic mass is 9.99. The molecule has 1 atom stereocenters. The van der Waals surface area contributed by atoms with Gasteiger partial charge >= 0.3 is 0 Å². The Morgan fingerprint density at radius 1 is 1.05 bits per heavy atom. The third kappa shape index (κ3) is 6.16. The highest BCUT2D eigenvalue weighted by atomic mass is 32.2. The Labute approximate surface area is 216 Å². The fraction of sp³-hybridized carbons (Fsp3) is 0.280. The van der Waals surface area contributed by atoms with Crippen LogP contribution >= 0.6 is 0 Å². The number of carbonyl (C=O) groups is 1. The Kier molecular flexibility index (Phi) is 7.64. The third-order valence-electron chi connectivity index (χ3n) is 6.14. The largest absolute Gasteiger partial charge is 0.355 e. The minimum atomic E-state index is -3.99. The average molecular weight is 545 g/mol. The van der Waals surface area contributed by atoms with Crippen LogP contribution in [0.1, 0.15) is 35.4 Å². The SMILES string of the molecule is Cc1ccc(/C=C/c2onc(C)c2S(=O)(=O)N2CCCC(C(=O)Nc3ccc(S(N)(=O)=O)cc3)C2)cc1. The first-order valence-corrected chi connectivity index (χ1v) is 14.6. The highest BCUT2D eigenvalue weighted by Gasteiger charge is 2.37. The van der Waals surface area contributed by atoms with Crippen LogP contribution in [-0.4, -0.2) is 45.3 Å². The lowest BCUT2D eigenvalue weighted by Gasteiger charge is -2.31. The molecule has 1 fully saturated rings. The zero-order valence-corrected chi connectivity index (χ0v) is 22.1. The molecule has 3 N–H and O–H groups in total. The maximum Gasteiger partial charge on any atom is 0.248 e. The van der Waals surface area contributed by atoms with Gasteiger partial charge in [-0.15, -0.1) is 0 Å². The minimum absolute atomic E-state index is 0.00480. The summed E-state index contributed by atoms with van der Waals surface area (Å²) in [7, 11) is -7.83. The topological polar surface area (TPSA) is 153 Å². The number of aromatic nitrogens is 1. The summed E-state index contributed by atoms with van der Waals surface area (Å²) in [6, 6.07) is 13.2. The first kappa shape index (κ1) is 26.7. The van der Waals surface area contributed by atoms with E-state index in [0.717, 1.165) is 11.1 Å². The van der Waals surface area contributed by atoms with Gasteiger partial charge in [-0.3, -0.25) is 4.79 Å². The van der Waals surface area contributed by atoms with Crippen LogP contribution in [0.3, 0.4) is 0 Å². The van der Waals surface area contributed by atoms with E-state index in [1.54, 1.807) is 19.1 Å². The Balaban J connectivity index is 1.50. The second kappa shape index (κ2) is 10.6. The maximum absolute atomic E-state index is 13.6. The van der Waals surface area contributed by atoms with Crippen LogP contribution in [0.2, 0.25) is 0 Å². The van der Waals surface area contributed by atoms with Crippen molar-refractivity contribution in [3.63, 3.8) is 0 Å². The molecule has 4 rings (SSSR count). The fourth-order valence-electron chi connectivity index (χ4n) is 4.12. The number of rotatable bonds is 7. The quantitative estimate of drug-likeness (QED) is 0.463. The zero-order chi connectivity index (χ0) is 26.8. The molecule has 0 aliphatic carbocycles. The molecule has 1 aliphatic rings. The molecule has 0 spiro atoms. The van der Waals surface area contributed by atoms with E-state index in [-0.39, 0.29) is 40.2 Å². The van der Waals surface area contributed by atoms with E-state index in [4.69, 9.17) is 9.66 Å². The third-order valence-corrected chi connectivity index (χ3v) is 9.09. The van der Waals surface area contributed by atoms with Gasteiger partial charge in [0.25, 0.3) is 0 Å². The Morgan fingerprint density at radius 3 is 2.38 bits per heavy atom. The number of nitrogens with one attached hydrogen (secondary N) is 1. The van der Waals surface area contributed by atoms with Crippen LogP contribution in [0.15, 0.2) is 62.8 Å². The smallest absolute Gasteiger partial charge is 0.248 e. The molecular formula is C25H28N4O6S2. The number of nitrogens with zero attached hydrogens (tertiary/aromatic N) is 2. The van der Waals surface area contributed by atoms with E-state index in [9.17, 15) is 21.6 Å². The van der Waals surface area contributed by atoms with Crippen molar-refractivity contribution in [2.45, 2.75) is 36.5 Å².